The Morgan fingerprint density at radius 1 is 1.26 bits per heavy atom. The van der Waals surface area contributed by atoms with Gasteiger partial charge in [-0.2, -0.15) is 0 Å². The molecule has 2 aromatic heterocycles. The van der Waals surface area contributed by atoms with Gasteiger partial charge >= 0.3 is 5.97 Å². The smallest absolute Gasteiger partial charge is 0.338 e. The van der Waals surface area contributed by atoms with Gasteiger partial charge in [0.25, 0.3) is 5.91 Å². The van der Waals surface area contributed by atoms with Crippen LogP contribution >= 0.6 is 0 Å². The Morgan fingerprint density at radius 3 is 2.96 bits per heavy atom. The average molecular weight is 311 g/mol. The van der Waals surface area contributed by atoms with Gasteiger partial charge in [-0.05, 0) is 37.3 Å². The number of aryl methyl sites for hydroxylation is 1. The number of rotatable bonds is 4. The number of hydrogen-bond acceptors (Lipinski definition) is 6. The molecule has 0 spiro atoms. The molecule has 1 amide bonds. The topological polar surface area (TPSA) is 94.3 Å². The van der Waals surface area contributed by atoms with Crippen LogP contribution in [0.2, 0.25) is 0 Å². The summed E-state index contributed by atoms with van der Waals surface area (Å²) in [7, 11) is 0. The number of ether oxygens (including phenoxy) is 1. The molecule has 3 rings (SSSR count). The minimum Gasteiger partial charge on any atom is -0.452 e. The van der Waals surface area contributed by atoms with E-state index in [2.05, 4.69) is 15.3 Å². The van der Waals surface area contributed by atoms with Crippen molar-refractivity contribution in [3.8, 4) is 0 Å². The Kier molecular flexibility index (Phi) is 4.01. The van der Waals surface area contributed by atoms with Crippen LogP contribution in [0.3, 0.4) is 0 Å². The molecule has 0 saturated heterocycles. The molecule has 0 aliphatic carbocycles. The molecule has 1 N–H and O–H groups in total. The standard InChI is InChI=1S/C16H13N3O4/c1-10-3-2-4-14(18-10)19-15(20)8-22-16(21)11-5-6-12-13(7-11)23-9-17-12/h2-7,9H,8H2,1H3,(H,18,19,20). The summed E-state index contributed by atoms with van der Waals surface area (Å²) in [6.07, 6.45) is 1.29. The van der Waals surface area contributed by atoms with Gasteiger partial charge in [-0.1, -0.05) is 6.07 Å². The highest BCUT2D eigenvalue weighted by molar-refractivity contribution is 5.96. The molecule has 0 bridgehead atoms. The predicted molar refractivity (Wildman–Crippen MR) is 81.9 cm³/mol. The largest absolute Gasteiger partial charge is 0.452 e. The van der Waals surface area contributed by atoms with Gasteiger partial charge in [0.15, 0.2) is 18.6 Å². The van der Waals surface area contributed by atoms with Gasteiger partial charge in [0.05, 0.1) is 5.56 Å². The molecule has 2 heterocycles. The molecule has 0 radical (unpaired) electrons. The lowest BCUT2D eigenvalue weighted by atomic mass is 10.2. The lowest BCUT2D eigenvalue weighted by Crippen LogP contribution is -2.21. The molecule has 0 saturated carbocycles. The van der Waals surface area contributed by atoms with Crippen LogP contribution in [0.1, 0.15) is 16.1 Å². The molecule has 116 valence electrons. The quantitative estimate of drug-likeness (QED) is 0.743. The Morgan fingerprint density at radius 2 is 2.13 bits per heavy atom. The fourth-order valence-electron chi connectivity index (χ4n) is 1.99. The van der Waals surface area contributed by atoms with Crippen LogP contribution in [-0.4, -0.2) is 28.5 Å². The number of esters is 1. The molecule has 0 fully saturated rings. The maximum atomic E-state index is 11.9. The van der Waals surface area contributed by atoms with Gasteiger partial charge < -0.3 is 14.5 Å². The van der Waals surface area contributed by atoms with Gasteiger partial charge in [0.2, 0.25) is 0 Å². The first-order valence-corrected chi connectivity index (χ1v) is 6.86. The van der Waals surface area contributed by atoms with E-state index in [0.717, 1.165) is 5.69 Å². The van der Waals surface area contributed by atoms with E-state index < -0.39 is 18.5 Å². The van der Waals surface area contributed by atoms with Crippen LogP contribution in [0.25, 0.3) is 11.1 Å². The zero-order valence-corrected chi connectivity index (χ0v) is 12.3. The molecule has 3 aromatic rings. The summed E-state index contributed by atoms with van der Waals surface area (Å²) in [5.74, 6) is -0.665. The number of carbonyl (C=O) groups is 2. The van der Waals surface area contributed by atoms with E-state index in [9.17, 15) is 9.59 Å². The SMILES string of the molecule is Cc1cccc(NC(=O)COC(=O)c2ccc3ncoc3c2)n1. The fourth-order valence-corrected chi connectivity index (χ4v) is 1.99. The summed E-state index contributed by atoms with van der Waals surface area (Å²) in [4.78, 5) is 31.8. The van der Waals surface area contributed by atoms with Crippen LogP contribution in [0.5, 0.6) is 0 Å². The van der Waals surface area contributed by atoms with Crippen LogP contribution in [0.15, 0.2) is 47.2 Å². The molecule has 1 aromatic carbocycles. The van der Waals surface area contributed by atoms with Crippen LogP contribution < -0.4 is 5.32 Å². The lowest BCUT2D eigenvalue weighted by Gasteiger charge is -2.06. The Bertz CT molecular complexity index is 872. The first-order chi connectivity index (χ1) is 11.1. The second-order valence-corrected chi connectivity index (χ2v) is 4.82. The molecular weight excluding hydrogens is 298 g/mol. The third-order valence-electron chi connectivity index (χ3n) is 3.06. The molecule has 7 nitrogen and oxygen atoms in total. The minimum absolute atomic E-state index is 0.288. The van der Waals surface area contributed by atoms with Crippen LogP contribution in [-0.2, 0) is 9.53 Å². The van der Waals surface area contributed by atoms with E-state index in [4.69, 9.17) is 9.15 Å². The van der Waals surface area contributed by atoms with Crippen molar-refractivity contribution in [3.63, 3.8) is 0 Å². The zero-order valence-electron chi connectivity index (χ0n) is 12.3. The lowest BCUT2D eigenvalue weighted by molar-refractivity contribution is -0.119. The summed E-state index contributed by atoms with van der Waals surface area (Å²) in [6, 6.07) is 9.97. The summed E-state index contributed by atoms with van der Waals surface area (Å²) in [5.41, 5.74) is 2.19. The second-order valence-electron chi connectivity index (χ2n) is 4.82. The number of oxazole rings is 1. The van der Waals surface area contributed by atoms with Crippen molar-refractivity contribution in [1.29, 1.82) is 0 Å². The number of anilines is 1. The van der Waals surface area contributed by atoms with E-state index in [-0.39, 0.29) is 5.56 Å². The Balaban J connectivity index is 1.58. The van der Waals surface area contributed by atoms with E-state index in [1.807, 2.05) is 13.0 Å². The third-order valence-corrected chi connectivity index (χ3v) is 3.06. The highest BCUT2D eigenvalue weighted by Gasteiger charge is 2.12. The maximum absolute atomic E-state index is 11.9. The van der Waals surface area contributed by atoms with Crippen molar-refractivity contribution in [2.75, 3.05) is 11.9 Å². The monoisotopic (exact) mass is 311 g/mol. The Hall–Kier alpha value is -3.22. The molecular formula is C16H13N3O4. The highest BCUT2D eigenvalue weighted by atomic mass is 16.5. The van der Waals surface area contributed by atoms with Crippen molar-refractivity contribution in [2.45, 2.75) is 6.92 Å². The van der Waals surface area contributed by atoms with E-state index in [1.54, 1.807) is 24.3 Å². The van der Waals surface area contributed by atoms with E-state index >= 15 is 0 Å². The molecule has 0 aliphatic rings. The number of benzene rings is 1. The highest BCUT2D eigenvalue weighted by Crippen LogP contribution is 2.15. The van der Waals surface area contributed by atoms with Gasteiger partial charge in [-0.25, -0.2) is 14.8 Å². The van der Waals surface area contributed by atoms with Crippen molar-refractivity contribution in [1.82, 2.24) is 9.97 Å². The second kappa shape index (κ2) is 6.27. The molecule has 0 atom stereocenters. The average Bonchev–Trinajstić information content (AvgIpc) is 3.00. The number of carbonyl (C=O) groups excluding carboxylic acids is 2. The number of amides is 1. The molecule has 7 heteroatoms. The first kappa shape index (κ1) is 14.7. The van der Waals surface area contributed by atoms with Gasteiger partial charge in [0, 0.05) is 5.69 Å². The minimum atomic E-state index is -0.615. The number of aromatic nitrogens is 2. The number of fused-ring (bicyclic) bond motifs is 1. The first-order valence-electron chi connectivity index (χ1n) is 6.86. The normalized spacial score (nSPS) is 10.5. The molecule has 0 unspecified atom stereocenters. The summed E-state index contributed by atoms with van der Waals surface area (Å²) in [6.45, 7) is 1.41. The summed E-state index contributed by atoms with van der Waals surface area (Å²) in [5, 5.41) is 2.56. The van der Waals surface area contributed by atoms with Crippen LogP contribution in [0, 0.1) is 6.92 Å². The predicted octanol–water partition coefficient (Wildman–Crippen LogP) is 2.33. The van der Waals surface area contributed by atoms with Gasteiger partial charge in [-0.15, -0.1) is 0 Å². The summed E-state index contributed by atoms with van der Waals surface area (Å²) < 4.78 is 10.1. The number of nitrogens with one attached hydrogen (secondary N) is 1. The third kappa shape index (κ3) is 3.52. The number of hydrogen-bond donors (Lipinski definition) is 1. The van der Waals surface area contributed by atoms with Gasteiger partial charge in [-0.3, -0.25) is 4.79 Å². The van der Waals surface area contributed by atoms with Crippen molar-refractivity contribution < 1.29 is 18.7 Å². The Labute approximate surface area is 131 Å². The van der Waals surface area contributed by atoms with Crippen molar-refractivity contribution >= 4 is 28.8 Å². The number of pyridine rings is 1. The van der Waals surface area contributed by atoms with Crippen molar-refractivity contribution in [2.24, 2.45) is 0 Å². The van der Waals surface area contributed by atoms with E-state index in [0.29, 0.717) is 16.9 Å². The van der Waals surface area contributed by atoms with Gasteiger partial charge in [0.1, 0.15) is 11.3 Å². The fraction of sp³-hybridized carbons (Fsp3) is 0.125. The van der Waals surface area contributed by atoms with Crippen molar-refractivity contribution in [3.05, 3.63) is 54.0 Å². The zero-order chi connectivity index (χ0) is 16.2. The molecule has 23 heavy (non-hydrogen) atoms. The molecule has 0 aliphatic heterocycles. The maximum Gasteiger partial charge on any atom is 0.338 e. The number of nitrogens with zero attached hydrogens (tertiary/aromatic N) is 2. The summed E-state index contributed by atoms with van der Waals surface area (Å²) >= 11 is 0. The van der Waals surface area contributed by atoms with E-state index in [1.165, 1.54) is 12.5 Å². The van der Waals surface area contributed by atoms with Crippen LogP contribution in [0.4, 0.5) is 5.82 Å².